The maximum atomic E-state index is 11.4. The molecule has 0 radical (unpaired) electrons. The third kappa shape index (κ3) is 2.08. The highest BCUT2D eigenvalue weighted by molar-refractivity contribution is 7.71. The van der Waals surface area contributed by atoms with Gasteiger partial charge in [-0.2, -0.15) is 0 Å². The van der Waals surface area contributed by atoms with Crippen molar-refractivity contribution in [1.82, 2.24) is 9.97 Å². The summed E-state index contributed by atoms with van der Waals surface area (Å²) in [6.45, 7) is 3.72. The largest absolute Gasteiger partial charge is 0.462 e. The molecule has 0 fully saturated rings. The number of rotatable bonds is 2. The second kappa shape index (κ2) is 4.19. The van der Waals surface area contributed by atoms with E-state index in [1.165, 1.54) is 0 Å². The Morgan fingerprint density at radius 3 is 2.86 bits per heavy atom. The Hall–Kier alpha value is -1.43. The van der Waals surface area contributed by atoms with Crippen LogP contribution < -0.4 is 5.73 Å². The van der Waals surface area contributed by atoms with Gasteiger partial charge in [0.25, 0.3) is 0 Å². The fraction of sp³-hybridized carbons (Fsp3) is 0.375. The molecule has 0 saturated heterocycles. The highest BCUT2D eigenvalue weighted by Gasteiger charge is 2.15. The summed E-state index contributed by atoms with van der Waals surface area (Å²) in [6.07, 6.45) is 0. The Kier molecular flexibility index (Phi) is 3.19. The molecule has 0 bridgehead atoms. The summed E-state index contributed by atoms with van der Waals surface area (Å²) < 4.78 is 5.07. The van der Waals surface area contributed by atoms with Gasteiger partial charge in [-0.05, 0) is 26.1 Å². The number of nitrogens with one attached hydrogen (secondary N) is 1. The number of nitrogen functional groups attached to an aromatic ring is 1. The Morgan fingerprint density at radius 1 is 1.71 bits per heavy atom. The number of hydrogen-bond donors (Lipinski definition) is 2. The minimum atomic E-state index is -0.485. The van der Waals surface area contributed by atoms with Gasteiger partial charge in [0.1, 0.15) is 11.4 Å². The molecule has 0 aliphatic rings. The van der Waals surface area contributed by atoms with E-state index in [0.29, 0.717) is 12.3 Å². The second-order valence-corrected chi connectivity index (χ2v) is 3.03. The predicted molar refractivity (Wildman–Crippen MR) is 54.5 cm³/mol. The number of ether oxygens (including phenoxy) is 1. The third-order valence-electron chi connectivity index (χ3n) is 1.63. The summed E-state index contributed by atoms with van der Waals surface area (Å²) in [5.41, 5.74) is 6.38. The number of carbonyl (C=O) groups is 1. The Bertz CT molecular complexity index is 387. The lowest BCUT2D eigenvalue weighted by Crippen LogP contribution is -2.12. The molecular weight excluding hydrogens is 202 g/mol. The molecule has 0 aliphatic carbocycles. The van der Waals surface area contributed by atoms with E-state index in [-0.39, 0.29) is 16.2 Å². The number of nitrogens with zero attached hydrogens (tertiary/aromatic N) is 1. The molecule has 5 nitrogen and oxygen atoms in total. The topological polar surface area (TPSA) is 81.0 Å². The van der Waals surface area contributed by atoms with Gasteiger partial charge < -0.3 is 15.5 Å². The zero-order chi connectivity index (χ0) is 10.7. The first-order valence-corrected chi connectivity index (χ1v) is 4.50. The van der Waals surface area contributed by atoms with Crippen molar-refractivity contribution in [3.8, 4) is 0 Å². The number of carbonyl (C=O) groups excluding carboxylic acids is 1. The van der Waals surface area contributed by atoms with Crippen molar-refractivity contribution < 1.29 is 9.53 Å². The summed E-state index contributed by atoms with van der Waals surface area (Å²) in [4.78, 5) is 17.9. The molecule has 76 valence electrons. The molecule has 0 amide bonds. The smallest absolute Gasteiger partial charge is 0.343 e. The fourth-order valence-corrected chi connectivity index (χ4v) is 1.32. The van der Waals surface area contributed by atoms with Crippen molar-refractivity contribution in [2.24, 2.45) is 0 Å². The van der Waals surface area contributed by atoms with E-state index in [9.17, 15) is 4.79 Å². The summed E-state index contributed by atoms with van der Waals surface area (Å²) >= 11 is 4.80. The number of esters is 1. The van der Waals surface area contributed by atoms with E-state index in [0.717, 1.165) is 0 Å². The summed E-state index contributed by atoms with van der Waals surface area (Å²) in [7, 11) is 0. The first kappa shape index (κ1) is 10.6. The second-order valence-electron chi connectivity index (χ2n) is 2.65. The molecule has 0 aliphatic heterocycles. The van der Waals surface area contributed by atoms with Gasteiger partial charge in [-0.3, -0.25) is 0 Å². The number of aryl methyl sites for hydroxylation is 1. The third-order valence-corrected chi connectivity index (χ3v) is 1.82. The van der Waals surface area contributed by atoms with Crippen LogP contribution in [0.5, 0.6) is 0 Å². The van der Waals surface area contributed by atoms with Gasteiger partial charge in [0.05, 0.1) is 6.61 Å². The standard InChI is InChI=1S/C8H11N3O2S/c1-3-13-7(12)5-4(2)10-8(14)11-6(5)9/h3H2,1-2H3,(H3,9,10,11,14). The molecule has 0 unspecified atom stereocenters. The van der Waals surface area contributed by atoms with Gasteiger partial charge in [-0.15, -0.1) is 0 Å². The van der Waals surface area contributed by atoms with Crippen molar-refractivity contribution in [1.29, 1.82) is 0 Å². The van der Waals surface area contributed by atoms with Gasteiger partial charge in [-0.25, -0.2) is 9.78 Å². The molecule has 0 saturated carbocycles. The van der Waals surface area contributed by atoms with Crippen LogP contribution >= 0.6 is 12.2 Å². The van der Waals surface area contributed by atoms with Crippen LogP contribution in [0.4, 0.5) is 5.82 Å². The number of nitrogens with two attached hydrogens (primary N) is 1. The van der Waals surface area contributed by atoms with Crippen LogP contribution in [0.1, 0.15) is 23.0 Å². The molecule has 1 aromatic rings. The molecule has 3 N–H and O–H groups in total. The van der Waals surface area contributed by atoms with Gasteiger partial charge >= 0.3 is 5.97 Å². The van der Waals surface area contributed by atoms with Gasteiger partial charge in [0.15, 0.2) is 4.77 Å². The molecule has 1 aromatic heterocycles. The Labute approximate surface area is 86.3 Å². The molecule has 6 heteroatoms. The van der Waals surface area contributed by atoms with Gasteiger partial charge in [0.2, 0.25) is 0 Å². The molecule has 1 heterocycles. The molecule has 0 spiro atoms. The Morgan fingerprint density at radius 2 is 2.36 bits per heavy atom. The van der Waals surface area contributed by atoms with Crippen molar-refractivity contribution in [3.05, 3.63) is 16.0 Å². The average Bonchev–Trinajstić information content (AvgIpc) is 2.01. The lowest BCUT2D eigenvalue weighted by Gasteiger charge is -2.06. The van der Waals surface area contributed by atoms with Crippen molar-refractivity contribution >= 4 is 24.0 Å². The van der Waals surface area contributed by atoms with E-state index in [2.05, 4.69) is 9.97 Å². The van der Waals surface area contributed by atoms with Crippen LogP contribution in [-0.4, -0.2) is 22.5 Å². The lowest BCUT2D eigenvalue weighted by molar-refractivity contribution is 0.0526. The number of anilines is 1. The van der Waals surface area contributed by atoms with Crippen LogP contribution in [0.2, 0.25) is 0 Å². The zero-order valence-corrected chi connectivity index (χ0v) is 8.77. The van der Waals surface area contributed by atoms with Crippen LogP contribution in [0, 0.1) is 11.7 Å². The van der Waals surface area contributed by atoms with Gasteiger partial charge in [0, 0.05) is 5.69 Å². The minimum absolute atomic E-state index is 0.102. The Balaban J connectivity index is 3.21. The predicted octanol–water partition coefficient (Wildman–Crippen LogP) is 1.21. The molecule has 0 aromatic carbocycles. The summed E-state index contributed by atoms with van der Waals surface area (Å²) in [6, 6.07) is 0. The number of aromatic amines is 1. The van der Waals surface area contributed by atoms with Crippen LogP contribution in [0.25, 0.3) is 0 Å². The quantitative estimate of drug-likeness (QED) is 0.570. The monoisotopic (exact) mass is 213 g/mol. The molecular formula is C8H11N3O2S. The van der Waals surface area contributed by atoms with E-state index in [1.807, 2.05) is 0 Å². The van der Waals surface area contributed by atoms with E-state index < -0.39 is 5.97 Å². The highest BCUT2D eigenvalue weighted by Crippen LogP contribution is 2.12. The first-order chi connectivity index (χ1) is 6.56. The first-order valence-electron chi connectivity index (χ1n) is 4.09. The number of H-pyrrole nitrogens is 1. The maximum Gasteiger partial charge on any atom is 0.343 e. The van der Waals surface area contributed by atoms with Crippen molar-refractivity contribution in [2.75, 3.05) is 12.3 Å². The van der Waals surface area contributed by atoms with Crippen LogP contribution in [-0.2, 0) is 4.74 Å². The molecule has 14 heavy (non-hydrogen) atoms. The zero-order valence-electron chi connectivity index (χ0n) is 7.96. The van der Waals surface area contributed by atoms with Crippen LogP contribution in [0.3, 0.4) is 0 Å². The minimum Gasteiger partial charge on any atom is -0.462 e. The number of aromatic nitrogens is 2. The van der Waals surface area contributed by atoms with Crippen molar-refractivity contribution in [3.63, 3.8) is 0 Å². The van der Waals surface area contributed by atoms with E-state index in [4.69, 9.17) is 22.7 Å². The fourth-order valence-electron chi connectivity index (χ4n) is 1.07. The average molecular weight is 213 g/mol. The van der Waals surface area contributed by atoms with E-state index in [1.54, 1.807) is 13.8 Å². The molecule has 1 rings (SSSR count). The summed E-state index contributed by atoms with van der Waals surface area (Å²) in [5, 5.41) is 0. The normalized spacial score (nSPS) is 9.86. The van der Waals surface area contributed by atoms with Gasteiger partial charge in [-0.1, -0.05) is 0 Å². The lowest BCUT2D eigenvalue weighted by atomic mass is 10.2. The highest BCUT2D eigenvalue weighted by atomic mass is 32.1. The number of hydrogen-bond acceptors (Lipinski definition) is 5. The summed E-state index contributed by atoms with van der Waals surface area (Å²) in [5.74, 6) is -0.383. The SMILES string of the molecule is CCOC(=O)c1c(N)nc(=S)[nH]c1C. The molecule has 0 atom stereocenters. The van der Waals surface area contributed by atoms with E-state index >= 15 is 0 Å². The maximum absolute atomic E-state index is 11.4. The van der Waals surface area contributed by atoms with Crippen molar-refractivity contribution in [2.45, 2.75) is 13.8 Å². The van der Waals surface area contributed by atoms with Crippen LogP contribution in [0.15, 0.2) is 0 Å².